The normalized spacial score (nSPS) is 25.4. The van der Waals surface area contributed by atoms with Crippen molar-refractivity contribution in [2.75, 3.05) is 38.7 Å². The Morgan fingerprint density at radius 2 is 1.62 bits per heavy atom. The second-order valence-electron chi connectivity index (χ2n) is 13.9. The molecular weight excluding hydrogens is 570 g/mol. The first-order chi connectivity index (χ1) is 21.7. The lowest BCUT2D eigenvalue weighted by Crippen LogP contribution is -2.48. The van der Waals surface area contributed by atoms with Crippen molar-refractivity contribution in [2.45, 2.75) is 122 Å². The predicted molar refractivity (Wildman–Crippen MR) is 176 cm³/mol. The van der Waals surface area contributed by atoms with Crippen LogP contribution < -0.4 is 10.1 Å². The van der Waals surface area contributed by atoms with Crippen LogP contribution in [0, 0.1) is 17.8 Å². The van der Waals surface area contributed by atoms with Gasteiger partial charge in [0.15, 0.2) is 0 Å². The van der Waals surface area contributed by atoms with E-state index in [9.17, 15) is 19.5 Å². The van der Waals surface area contributed by atoms with Crippen molar-refractivity contribution >= 4 is 23.4 Å². The van der Waals surface area contributed by atoms with E-state index in [0.29, 0.717) is 36.7 Å². The molecule has 0 spiro atoms. The van der Waals surface area contributed by atoms with E-state index in [2.05, 4.69) is 12.2 Å². The number of benzene rings is 1. The summed E-state index contributed by atoms with van der Waals surface area (Å²) in [5, 5.41) is 13.3. The molecule has 1 aromatic carbocycles. The number of nitrogens with zero attached hydrogens (tertiary/aromatic N) is 2. The molecule has 3 aliphatic rings. The Labute approximate surface area is 270 Å². The molecule has 1 heterocycles. The predicted octanol–water partition coefficient (Wildman–Crippen LogP) is 6.04. The number of ether oxygens (including phenoxy) is 2. The molecule has 2 saturated carbocycles. The van der Waals surface area contributed by atoms with Gasteiger partial charge in [-0.1, -0.05) is 45.4 Å². The Morgan fingerprint density at radius 3 is 2.29 bits per heavy atom. The fourth-order valence-electron chi connectivity index (χ4n) is 7.09. The number of aliphatic hydroxyl groups excluding tert-OH is 1. The van der Waals surface area contributed by atoms with Gasteiger partial charge in [-0.15, -0.1) is 0 Å². The Hall–Kier alpha value is -2.65. The number of hydrogen-bond donors (Lipinski definition) is 2. The van der Waals surface area contributed by atoms with Crippen molar-refractivity contribution < 1.29 is 29.0 Å². The van der Waals surface area contributed by atoms with E-state index < -0.39 is 6.04 Å². The first-order valence-corrected chi connectivity index (χ1v) is 17.6. The molecule has 0 bridgehead atoms. The summed E-state index contributed by atoms with van der Waals surface area (Å²) >= 11 is 0. The summed E-state index contributed by atoms with van der Waals surface area (Å²) in [6.45, 7) is 7.06. The number of fused-ring (bicyclic) bond motifs is 1. The van der Waals surface area contributed by atoms with E-state index in [4.69, 9.17) is 9.47 Å². The standard InChI is InChI=1S/C36H57N3O6/c1-25-22-39(26(2)24-40)36(43)31-21-30(37-34(41)28-14-7-5-8-15-28)18-19-32(31)45-27(3)13-11-12-20-44-33(25)23-38(4)35(42)29-16-9-6-10-17-29/h18-19,21,25-29,33,40H,5-17,20,22-24H2,1-4H3,(H,37,41)/t25-,26-,27-,33-/m1/s1. The van der Waals surface area contributed by atoms with Gasteiger partial charge in [0.2, 0.25) is 11.8 Å². The van der Waals surface area contributed by atoms with Crippen molar-refractivity contribution in [2.24, 2.45) is 17.8 Å². The molecular formula is C36H57N3O6. The zero-order valence-corrected chi connectivity index (χ0v) is 28.1. The summed E-state index contributed by atoms with van der Waals surface area (Å²) < 4.78 is 12.8. The SMILES string of the molecule is C[C@@H]1CCCCO[C@H](CN(C)C(=O)C2CCCCC2)[C@H](C)CN([C@H](C)CO)C(=O)c2cc(NC(=O)C3CCCCC3)ccc2O1. The summed E-state index contributed by atoms with van der Waals surface area (Å²) in [5.41, 5.74) is 0.943. The number of likely N-dealkylation sites (N-methyl/N-ethyl adjacent to an activating group) is 1. The van der Waals surface area contributed by atoms with Gasteiger partial charge in [-0.05, 0) is 77.0 Å². The molecule has 1 aliphatic heterocycles. The van der Waals surface area contributed by atoms with Crippen LogP contribution in [-0.4, -0.2) is 84.2 Å². The van der Waals surface area contributed by atoms with E-state index in [0.717, 1.165) is 70.6 Å². The van der Waals surface area contributed by atoms with Gasteiger partial charge >= 0.3 is 0 Å². The largest absolute Gasteiger partial charge is 0.490 e. The minimum absolute atomic E-state index is 0.00151. The van der Waals surface area contributed by atoms with Crippen LogP contribution in [0.4, 0.5) is 5.69 Å². The summed E-state index contributed by atoms with van der Waals surface area (Å²) in [6.07, 6.45) is 12.6. The van der Waals surface area contributed by atoms with Crippen LogP contribution in [0.2, 0.25) is 0 Å². The number of hydrogen-bond acceptors (Lipinski definition) is 6. The third-order valence-electron chi connectivity index (χ3n) is 10.1. The lowest BCUT2D eigenvalue weighted by atomic mass is 9.88. The summed E-state index contributed by atoms with van der Waals surface area (Å²) in [5.74, 6) is 0.366. The Balaban J connectivity index is 1.58. The Bertz CT molecular complexity index is 1120. The summed E-state index contributed by atoms with van der Waals surface area (Å²) in [7, 11) is 1.87. The first-order valence-electron chi connectivity index (χ1n) is 17.6. The van der Waals surface area contributed by atoms with Gasteiger partial charge in [0, 0.05) is 50.2 Å². The van der Waals surface area contributed by atoms with Gasteiger partial charge in [-0.2, -0.15) is 0 Å². The Kier molecular flexibility index (Phi) is 13.5. The molecule has 252 valence electrons. The van der Waals surface area contributed by atoms with Crippen LogP contribution in [0.25, 0.3) is 0 Å². The number of carbonyl (C=O) groups excluding carboxylic acids is 3. The highest BCUT2D eigenvalue weighted by Crippen LogP contribution is 2.31. The molecule has 3 amide bonds. The monoisotopic (exact) mass is 627 g/mol. The zero-order valence-electron chi connectivity index (χ0n) is 28.1. The van der Waals surface area contributed by atoms with Gasteiger partial charge in [-0.25, -0.2) is 0 Å². The molecule has 0 aromatic heterocycles. The highest BCUT2D eigenvalue weighted by Gasteiger charge is 2.32. The Morgan fingerprint density at radius 1 is 0.978 bits per heavy atom. The first kappa shape index (κ1) is 35.2. The van der Waals surface area contributed by atoms with Crippen molar-refractivity contribution in [3.8, 4) is 5.75 Å². The fourth-order valence-corrected chi connectivity index (χ4v) is 7.09. The molecule has 4 atom stereocenters. The van der Waals surface area contributed by atoms with Crippen LogP contribution in [-0.2, 0) is 14.3 Å². The van der Waals surface area contributed by atoms with Gasteiger partial charge in [0.1, 0.15) is 5.75 Å². The molecule has 0 unspecified atom stereocenters. The number of aliphatic hydroxyl groups is 1. The summed E-state index contributed by atoms with van der Waals surface area (Å²) in [6, 6.07) is 4.87. The van der Waals surface area contributed by atoms with E-state index in [1.165, 1.54) is 12.8 Å². The van der Waals surface area contributed by atoms with E-state index in [1.54, 1.807) is 17.0 Å². The van der Waals surface area contributed by atoms with E-state index >= 15 is 0 Å². The zero-order chi connectivity index (χ0) is 32.3. The quantitative estimate of drug-likeness (QED) is 0.382. The molecule has 9 heteroatoms. The maximum absolute atomic E-state index is 14.4. The molecule has 45 heavy (non-hydrogen) atoms. The van der Waals surface area contributed by atoms with Gasteiger partial charge in [0.05, 0.1) is 30.4 Å². The lowest BCUT2D eigenvalue weighted by Gasteiger charge is -2.36. The molecule has 1 aromatic rings. The minimum Gasteiger partial charge on any atom is -0.490 e. The molecule has 0 saturated heterocycles. The smallest absolute Gasteiger partial charge is 0.258 e. The third kappa shape index (κ3) is 9.92. The second-order valence-corrected chi connectivity index (χ2v) is 13.9. The summed E-state index contributed by atoms with van der Waals surface area (Å²) in [4.78, 5) is 44.3. The molecule has 0 radical (unpaired) electrons. The van der Waals surface area contributed by atoms with Crippen LogP contribution in [0.3, 0.4) is 0 Å². The van der Waals surface area contributed by atoms with Crippen LogP contribution >= 0.6 is 0 Å². The van der Waals surface area contributed by atoms with Crippen molar-refractivity contribution in [1.29, 1.82) is 0 Å². The van der Waals surface area contributed by atoms with Gasteiger partial charge < -0.3 is 29.7 Å². The van der Waals surface area contributed by atoms with Crippen molar-refractivity contribution in [1.82, 2.24) is 9.80 Å². The minimum atomic E-state index is -0.458. The van der Waals surface area contributed by atoms with E-state index in [-0.39, 0.29) is 54.3 Å². The molecule has 2 fully saturated rings. The van der Waals surface area contributed by atoms with Gasteiger partial charge in [-0.3, -0.25) is 14.4 Å². The number of rotatable bonds is 7. The maximum Gasteiger partial charge on any atom is 0.258 e. The van der Waals surface area contributed by atoms with Crippen LogP contribution in [0.5, 0.6) is 5.75 Å². The van der Waals surface area contributed by atoms with Gasteiger partial charge in [0.25, 0.3) is 5.91 Å². The van der Waals surface area contributed by atoms with Crippen LogP contribution in [0.1, 0.15) is 115 Å². The average Bonchev–Trinajstić information content (AvgIpc) is 3.06. The average molecular weight is 628 g/mol. The number of anilines is 1. The fraction of sp³-hybridized carbons (Fsp3) is 0.750. The van der Waals surface area contributed by atoms with Crippen molar-refractivity contribution in [3.63, 3.8) is 0 Å². The van der Waals surface area contributed by atoms with Crippen LogP contribution in [0.15, 0.2) is 18.2 Å². The molecule has 2 N–H and O–H groups in total. The lowest BCUT2D eigenvalue weighted by molar-refractivity contribution is -0.138. The van der Waals surface area contributed by atoms with Crippen molar-refractivity contribution in [3.05, 3.63) is 23.8 Å². The number of carbonyl (C=O) groups is 3. The molecule has 4 rings (SSSR count). The highest BCUT2D eigenvalue weighted by molar-refractivity contribution is 6.00. The molecule has 2 aliphatic carbocycles. The topological polar surface area (TPSA) is 108 Å². The van der Waals surface area contributed by atoms with E-state index in [1.807, 2.05) is 31.9 Å². The third-order valence-corrected chi connectivity index (χ3v) is 10.1. The second kappa shape index (κ2) is 17.3. The maximum atomic E-state index is 14.4. The number of nitrogens with one attached hydrogen (secondary N) is 1. The molecule has 9 nitrogen and oxygen atoms in total. The number of amides is 3. The highest BCUT2D eigenvalue weighted by atomic mass is 16.5.